The Hall–Kier alpha value is -2.37. The van der Waals surface area contributed by atoms with Gasteiger partial charge in [0.25, 0.3) is 0 Å². The monoisotopic (exact) mass is 527 g/mol. The van der Waals surface area contributed by atoms with Crippen LogP contribution in [0.25, 0.3) is 0 Å². The van der Waals surface area contributed by atoms with E-state index in [-0.39, 0.29) is 45.2 Å². The molecule has 0 saturated carbocycles. The van der Waals surface area contributed by atoms with Crippen LogP contribution in [-0.2, 0) is 47.0 Å². The number of carbonyl (C=O) groups is 4. The zero-order valence-corrected chi connectivity index (χ0v) is 22.6. The number of nitrogens with zero attached hydrogens (tertiary/aromatic N) is 1. The number of carbonyl (C=O) groups excluding carboxylic acids is 4. The number of rotatable bonds is 12. The van der Waals surface area contributed by atoms with Crippen LogP contribution in [0.1, 0.15) is 60.8 Å². The number of hydroxylamine groups is 2. The van der Waals surface area contributed by atoms with Crippen LogP contribution in [0.2, 0.25) is 0 Å². The first-order chi connectivity index (χ1) is 16.0. The molecule has 0 spiro atoms. The quantitative estimate of drug-likeness (QED) is 0.157. The summed E-state index contributed by atoms with van der Waals surface area (Å²) >= 11 is 0. The van der Waals surface area contributed by atoms with Gasteiger partial charge in [-0.3, -0.25) is 14.2 Å². The molecule has 1 amide bonds. The van der Waals surface area contributed by atoms with Crippen molar-refractivity contribution >= 4 is 31.8 Å². The van der Waals surface area contributed by atoms with Crippen LogP contribution in [0, 0.1) is 0 Å². The largest absolute Gasteiger partial charge is 0.534 e. The van der Waals surface area contributed by atoms with Crippen molar-refractivity contribution in [2.45, 2.75) is 72.0 Å². The molecule has 0 aliphatic carbocycles. The second kappa shape index (κ2) is 14.9. The first-order valence-corrected chi connectivity index (χ1v) is 12.7. The maximum atomic E-state index is 13.1. The van der Waals surface area contributed by atoms with Crippen LogP contribution in [0.15, 0.2) is 0 Å². The summed E-state index contributed by atoms with van der Waals surface area (Å²) in [6.45, 7) is 9.02. The Morgan fingerprint density at radius 3 is 1.63 bits per heavy atom. The third-order valence-corrected chi connectivity index (χ3v) is 5.62. The zero-order valence-electron chi connectivity index (χ0n) is 21.7. The average Bonchev–Trinajstić information content (AvgIpc) is 2.70. The predicted octanol–water partition coefficient (Wildman–Crippen LogP) is 3.83. The third-order valence-electron chi connectivity index (χ3n) is 3.61. The molecule has 204 valence electrons. The van der Waals surface area contributed by atoms with Crippen molar-refractivity contribution in [2.75, 3.05) is 40.1 Å². The number of hydrogen-bond donors (Lipinski definition) is 0. The van der Waals surface area contributed by atoms with E-state index in [4.69, 9.17) is 23.4 Å². The van der Waals surface area contributed by atoms with E-state index >= 15 is 0 Å². The van der Waals surface area contributed by atoms with E-state index in [2.05, 4.69) is 9.47 Å². The van der Waals surface area contributed by atoms with Gasteiger partial charge in [-0.05, 0) is 48.0 Å². The van der Waals surface area contributed by atoms with Crippen LogP contribution in [0.5, 0.6) is 0 Å². The minimum Gasteiger partial charge on any atom is -0.469 e. The normalized spacial score (nSPS) is 11.9. The molecule has 0 aliphatic rings. The van der Waals surface area contributed by atoms with Crippen LogP contribution in [0.3, 0.4) is 0 Å². The second-order valence-electron chi connectivity index (χ2n) is 9.14. The van der Waals surface area contributed by atoms with Gasteiger partial charge in [-0.1, -0.05) is 0 Å². The van der Waals surface area contributed by atoms with Crippen LogP contribution >= 0.6 is 7.60 Å². The molecule has 0 fully saturated rings. The molecule has 0 saturated heterocycles. The van der Waals surface area contributed by atoms with E-state index < -0.39 is 43.0 Å². The molecule has 0 bridgehead atoms. The Labute approximate surface area is 206 Å². The summed E-state index contributed by atoms with van der Waals surface area (Å²) in [5, 5.41) is 0.645. The summed E-state index contributed by atoms with van der Waals surface area (Å²) in [6, 6.07) is 0. The van der Waals surface area contributed by atoms with Crippen molar-refractivity contribution in [3.8, 4) is 0 Å². The SMILES string of the molecule is COC(=O)CCOP(=O)(CCCN(OC(=O)OC(C)(C)C)C(=O)OC(C)(C)C)OCCC(=O)OC. The van der Waals surface area contributed by atoms with Gasteiger partial charge in [-0.2, -0.15) is 0 Å². The van der Waals surface area contributed by atoms with Crippen LogP contribution in [-0.4, -0.2) is 80.6 Å². The molecule has 0 unspecified atom stereocenters. The number of ether oxygens (including phenoxy) is 4. The summed E-state index contributed by atoms with van der Waals surface area (Å²) in [7, 11) is -1.42. The van der Waals surface area contributed by atoms with E-state index in [0.717, 1.165) is 0 Å². The van der Waals surface area contributed by atoms with Gasteiger partial charge in [0, 0.05) is 0 Å². The van der Waals surface area contributed by atoms with Crippen molar-refractivity contribution in [3.63, 3.8) is 0 Å². The molecular formula is C21H38NO12P. The van der Waals surface area contributed by atoms with E-state index in [1.165, 1.54) is 14.2 Å². The van der Waals surface area contributed by atoms with Gasteiger partial charge in [-0.15, -0.1) is 5.06 Å². The van der Waals surface area contributed by atoms with Gasteiger partial charge in [0.05, 0.1) is 53.0 Å². The molecule has 0 radical (unpaired) electrons. The molecule has 0 aliphatic heterocycles. The van der Waals surface area contributed by atoms with Crippen LogP contribution in [0.4, 0.5) is 9.59 Å². The van der Waals surface area contributed by atoms with Gasteiger partial charge >= 0.3 is 31.8 Å². The fourth-order valence-electron chi connectivity index (χ4n) is 2.16. The summed E-state index contributed by atoms with van der Waals surface area (Å²) in [5.41, 5.74) is -1.75. The first-order valence-electron chi connectivity index (χ1n) is 10.9. The highest BCUT2D eigenvalue weighted by molar-refractivity contribution is 7.53. The van der Waals surface area contributed by atoms with Gasteiger partial charge in [-0.25, -0.2) is 9.59 Å². The Bertz CT molecular complexity index is 730. The van der Waals surface area contributed by atoms with Crippen molar-refractivity contribution in [1.29, 1.82) is 0 Å². The predicted molar refractivity (Wildman–Crippen MR) is 123 cm³/mol. The Balaban J connectivity index is 5.27. The van der Waals surface area contributed by atoms with Crippen molar-refractivity contribution in [1.82, 2.24) is 5.06 Å². The highest BCUT2D eigenvalue weighted by atomic mass is 31.2. The Morgan fingerprint density at radius 2 is 1.23 bits per heavy atom. The standard InChI is InChI=1S/C21H38NO12P/c1-20(2,3)32-18(25)22(34-19(26)33-21(4,5)6)12-9-15-35(27,30-13-10-16(23)28-7)31-14-11-17(24)29-8/h9-15H2,1-8H3. The fourth-order valence-corrected chi connectivity index (χ4v) is 3.76. The number of amides is 1. The smallest absolute Gasteiger partial charge is 0.469 e. The van der Waals surface area contributed by atoms with Gasteiger partial charge < -0.3 is 32.8 Å². The molecule has 0 rings (SSSR count). The van der Waals surface area contributed by atoms with E-state index in [1.54, 1.807) is 41.5 Å². The van der Waals surface area contributed by atoms with Crippen LogP contribution < -0.4 is 0 Å². The molecule has 0 N–H and O–H groups in total. The van der Waals surface area contributed by atoms with E-state index in [0.29, 0.717) is 5.06 Å². The molecule has 0 aromatic carbocycles. The topological polar surface area (TPSA) is 153 Å². The number of methoxy groups -OCH3 is 2. The Morgan fingerprint density at radius 1 is 0.771 bits per heavy atom. The summed E-state index contributed by atoms with van der Waals surface area (Å²) in [4.78, 5) is 52.2. The lowest BCUT2D eigenvalue weighted by Crippen LogP contribution is -2.40. The minimum atomic E-state index is -3.81. The molecule has 35 heavy (non-hydrogen) atoms. The van der Waals surface area contributed by atoms with Crippen molar-refractivity contribution in [2.24, 2.45) is 0 Å². The van der Waals surface area contributed by atoms with Gasteiger partial charge in [0.1, 0.15) is 11.2 Å². The lowest BCUT2D eigenvalue weighted by Gasteiger charge is -2.27. The molecule has 0 aromatic rings. The Kier molecular flexibility index (Phi) is 13.9. The molecule has 0 atom stereocenters. The summed E-state index contributed by atoms with van der Waals surface area (Å²) in [5.74, 6) is -1.15. The first kappa shape index (κ1) is 32.6. The summed E-state index contributed by atoms with van der Waals surface area (Å²) < 4.78 is 43.1. The zero-order chi connectivity index (χ0) is 27.3. The second-order valence-corrected chi connectivity index (χ2v) is 11.3. The fraction of sp³-hybridized carbons (Fsp3) is 0.810. The van der Waals surface area contributed by atoms with Crippen molar-refractivity contribution in [3.05, 3.63) is 0 Å². The molecule has 0 aromatic heterocycles. The van der Waals surface area contributed by atoms with E-state index in [1.807, 2.05) is 0 Å². The lowest BCUT2D eigenvalue weighted by atomic mass is 10.2. The maximum absolute atomic E-state index is 13.1. The number of hydrogen-bond acceptors (Lipinski definition) is 12. The third kappa shape index (κ3) is 16.8. The number of esters is 2. The van der Waals surface area contributed by atoms with E-state index in [9.17, 15) is 23.7 Å². The maximum Gasteiger partial charge on any atom is 0.534 e. The van der Waals surface area contributed by atoms with Crippen molar-refractivity contribution < 1.29 is 56.6 Å². The molecule has 0 heterocycles. The van der Waals surface area contributed by atoms with Gasteiger partial charge in [0.15, 0.2) is 0 Å². The van der Waals surface area contributed by atoms with Gasteiger partial charge in [0.2, 0.25) is 0 Å². The highest BCUT2D eigenvalue weighted by Crippen LogP contribution is 2.49. The average molecular weight is 528 g/mol. The molecule has 13 nitrogen and oxygen atoms in total. The molecule has 14 heteroatoms. The lowest BCUT2D eigenvalue weighted by molar-refractivity contribution is -0.141. The highest BCUT2D eigenvalue weighted by Gasteiger charge is 2.30. The molecular weight excluding hydrogens is 489 g/mol. The summed E-state index contributed by atoms with van der Waals surface area (Å²) in [6.07, 6.45) is -2.69. The minimum absolute atomic E-state index is 0.0181.